The smallest absolute Gasteiger partial charge is 0.410 e. The zero-order chi connectivity index (χ0) is 28.4. The first kappa shape index (κ1) is 27.3. The van der Waals surface area contributed by atoms with Crippen LogP contribution in [0.3, 0.4) is 0 Å². The lowest BCUT2D eigenvalue weighted by molar-refractivity contribution is -0.117. The van der Waals surface area contributed by atoms with Crippen molar-refractivity contribution in [3.63, 3.8) is 0 Å². The van der Waals surface area contributed by atoms with Crippen molar-refractivity contribution in [3.05, 3.63) is 58.9 Å². The third-order valence-electron chi connectivity index (χ3n) is 8.83. The number of pyridine rings is 1. The minimum Gasteiger partial charge on any atom is -0.465 e. The molecule has 0 spiro atoms. The highest BCUT2D eigenvalue weighted by Crippen LogP contribution is 2.42. The van der Waals surface area contributed by atoms with E-state index in [2.05, 4.69) is 27.1 Å². The molecule has 3 heterocycles. The van der Waals surface area contributed by atoms with Gasteiger partial charge in [-0.2, -0.15) is 11.3 Å². The van der Waals surface area contributed by atoms with Crippen LogP contribution in [0.5, 0.6) is 0 Å². The summed E-state index contributed by atoms with van der Waals surface area (Å²) in [5.41, 5.74) is 4.41. The molecule has 0 radical (unpaired) electrons. The zero-order valence-electron chi connectivity index (χ0n) is 22.8. The van der Waals surface area contributed by atoms with E-state index in [1.54, 1.807) is 17.5 Å². The minimum absolute atomic E-state index is 0.0494. The fraction of sp³-hybridized carbons (Fsp3) is 0.419. The van der Waals surface area contributed by atoms with E-state index in [1.165, 1.54) is 0 Å². The number of carbonyl (C=O) groups excluding carboxylic acids is 2. The topological polar surface area (TPSA) is 121 Å². The molecular weight excluding hydrogens is 540 g/mol. The Labute approximate surface area is 242 Å². The Morgan fingerprint density at radius 1 is 1.07 bits per heavy atom. The fourth-order valence-corrected chi connectivity index (χ4v) is 7.11. The monoisotopic (exact) mass is 574 g/mol. The second-order valence-electron chi connectivity index (χ2n) is 11.3. The number of carboxylic acid groups (broad SMARTS) is 1. The molecule has 0 atom stereocenters. The van der Waals surface area contributed by atoms with E-state index in [-0.39, 0.29) is 24.0 Å². The van der Waals surface area contributed by atoms with Gasteiger partial charge in [0.15, 0.2) is 0 Å². The van der Waals surface area contributed by atoms with Gasteiger partial charge in [-0.25, -0.2) is 14.6 Å². The van der Waals surface area contributed by atoms with Gasteiger partial charge >= 0.3 is 12.2 Å². The van der Waals surface area contributed by atoms with Crippen molar-refractivity contribution in [2.24, 2.45) is 5.92 Å². The van der Waals surface area contributed by atoms with Gasteiger partial charge in [-0.3, -0.25) is 4.79 Å². The highest BCUT2D eigenvalue weighted by molar-refractivity contribution is 7.08. The van der Waals surface area contributed by atoms with Gasteiger partial charge in [0.25, 0.3) is 0 Å². The van der Waals surface area contributed by atoms with Crippen LogP contribution in [0.15, 0.2) is 53.4 Å². The van der Waals surface area contributed by atoms with Gasteiger partial charge < -0.3 is 25.4 Å². The number of nitrogens with zero attached hydrogens (tertiary/aromatic N) is 2. The molecule has 41 heavy (non-hydrogen) atoms. The Hall–Kier alpha value is -3.92. The van der Waals surface area contributed by atoms with E-state index in [4.69, 9.17) is 4.74 Å². The number of anilines is 1. The normalized spacial score (nSPS) is 21.6. The summed E-state index contributed by atoms with van der Waals surface area (Å²) in [4.78, 5) is 42.7. The van der Waals surface area contributed by atoms with Crippen LogP contribution < -0.4 is 10.6 Å². The predicted molar refractivity (Wildman–Crippen MR) is 157 cm³/mol. The third-order valence-corrected chi connectivity index (χ3v) is 9.51. The number of amides is 3. The Kier molecular flexibility index (Phi) is 7.66. The van der Waals surface area contributed by atoms with E-state index >= 15 is 0 Å². The molecule has 9 nitrogen and oxygen atoms in total. The van der Waals surface area contributed by atoms with Gasteiger partial charge in [-0.05, 0) is 96.0 Å². The Balaban J connectivity index is 1.14. The first-order chi connectivity index (χ1) is 19.9. The quantitative estimate of drug-likeness (QED) is 0.284. The van der Waals surface area contributed by atoms with E-state index in [1.807, 2.05) is 40.6 Å². The lowest BCUT2D eigenvalue weighted by Gasteiger charge is -2.42. The largest absolute Gasteiger partial charge is 0.465 e. The van der Waals surface area contributed by atoms with Crippen molar-refractivity contribution in [1.82, 2.24) is 15.2 Å². The minimum atomic E-state index is -1.00. The molecule has 1 saturated heterocycles. The number of benzene rings is 1. The van der Waals surface area contributed by atoms with Crippen molar-refractivity contribution < 1.29 is 24.2 Å². The zero-order valence-corrected chi connectivity index (χ0v) is 23.6. The van der Waals surface area contributed by atoms with E-state index in [9.17, 15) is 19.5 Å². The molecule has 1 aromatic carbocycles. The van der Waals surface area contributed by atoms with Crippen LogP contribution in [0.2, 0.25) is 0 Å². The summed E-state index contributed by atoms with van der Waals surface area (Å²) >= 11 is 1.61. The summed E-state index contributed by atoms with van der Waals surface area (Å²) in [6.45, 7) is 1.13. The second-order valence-corrected chi connectivity index (χ2v) is 12.1. The summed E-state index contributed by atoms with van der Waals surface area (Å²) in [6.07, 6.45) is 7.22. The molecule has 0 unspecified atom stereocenters. The maximum Gasteiger partial charge on any atom is 0.410 e. The fourth-order valence-electron chi connectivity index (χ4n) is 6.45. The summed E-state index contributed by atoms with van der Waals surface area (Å²) in [6, 6.07) is 12.2. The first-order valence-electron chi connectivity index (χ1n) is 14.3. The van der Waals surface area contributed by atoms with Gasteiger partial charge in [-0.1, -0.05) is 24.3 Å². The van der Waals surface area contributed by atoms with E-state index < -0.39 is 11.6 Å². The van der Waals surface area contributed by atoms with Gasteiger partial charge in [0, 0.05) is 24.2 Å². The van der Waals surface area contributed by atoms with Crippen molar-refractivity contribution in [2.45, 2.75) is 62.9 Å². The van der Waals surface area contributed by atoms with Gasteiger partial charge in [0.1, 0.15) is 12.4 Å². The molecule has 214 valence electrons. The number of rotatable bonds is 8. The average molecular weight is 575 g/mol. The number of cyclic esters (lactones) is 1. The molecule has 2 aromatic heterocycles. The Bertz CT molecular complexity index is 1410. The highest BCUT2D eigenvalue weighted by atomic mass is 32.1. The number of thiophene rings is 1. The Morgan fingerprint density at radius 3 is 2.46 bits per heavy atom. The lowest BCUT2D eigenvalue weighted by atomic mass is 9.71. The first-order valence-corrected chi connectivity index (χ1v) is 15.2. The predicted octanol–water partition coefficient (Wildman–Crippen LogP) is 6.46. The number of hydrogen-bond donors (Lipinski definition) is 3. The van der Waals surface area contributed by atoms with Gasteiger partial charge in [0.2, 0.25) is 5.91 Å². The van der Waals surface area contributed by atoms with Crippen molar-refractivity contribution in [2.75, 3.05) is 18.5 Å². The van der Waals surface area contributed by atoms with Crippen LogP contribution in [0.4, 0.5) is 15.4 Å². The number of aromatic nitrogens is 1. The molecule has 3 aliphatic rings. The van der Waals surface area contributed by atoms with Crippen LogP contribution in [0.1, 0.15) is 56.9 Å². The summed E-state index contributed by atoms with van der Waals surface area (Å²) < 4.78 is 5.08. The maximum absolute atomic E-state index is 13.0. The lowest BCUT2D eigenvalue weighted by Crippen LogP contribution is -2.50. The molecule has 1 aliphatic heterocycles. The number of hydrogen-bond acceptors (Lipinski definition) is 6. The highest BCUT2D eigenvalue weighted by Gasteiger charge is 2.40. The van der Waals surface area contributed by atoms with Crippen molar-refractivity contribution in [1.29, 1.82) is 0 Å². The molecule has 3 aromatic rings. The maximum atomic E-state index is 13.0. The van der Waals surface area contributed by atoms with Gasteiger partial charge in [-0.15, -0.1) is 0 Å². The number of ether oxygens (including phenoxy) is 1. The summed E-state index contributed by atoms with van der Waals surface area (Å²) in [5.74, 6) is 0.754. The van der Waals surface area contributed by atoms with E-state index in [0.29, 0.717) is 25.4 Å². The standard InChI is InChI=1S/C31H34N4O5S/c36-28(16-20-2-8-24(9-3-20)35-13-14-40-30(35)39)33-27-17-25(22-10-15-41-19-22)26(18-32-27)21-4-6-23(7-5-21)31(11-1-12-31)34-29(37)38/h4-7,10,15,17-20,24,34H,1-3,8-9,11-14,16H2,(H,37,38)(H,32,33,36)/t20-,24-. The third kappa shape index (κ3) is 5.79. The van der Waals surface area contributed by atoms with Crippen LogP contribution >= 0.6 is 11.3 Å². The molecule has 2 aliphatic carbocycles. The van der Waals surface area contributed by atoms with Crippen LogP contribution in [0, 0.1) is 5.92 Å². The number of carbonyl (C=O) groups is 3. The van der Waals surface area contributed by atoms with Crippen molar-refractivity contribution in [3.8, 4) is 22.3 Å². The van der Waals surface area contributed by atoms with Crippen molar-refractivity contribution >= 4 is 35.2 Å². The molecule has 10 heteroatoms. The molecule has 3 fully saturated rings. The molecule has 0 bridgehead atoms. The average Bonchev–Trinajstić information content (AvgIpc) is 3.64. The van der Waals surface area contributed by atoms with Crippen LogP contribution in [-0.4, -0.2) is 52.3 Å². The molecule has 6 rings (SSSR count). The van der Waals surface area contributed by atoms with Gasteiger partial charge in [0.05, 0.1) is 12.1 Å². The van der Waals surface area contributed by atoms with Crippen LogP contribution in [-0.2, 0) is 15.1 Å². The van der Waals surface area contributed by atoms with Crippen LogP contribution in [0.25, 0.3) is 22.3 Å². The van der Waals surface area contributed by atoms with E-state index in [0.717, 1.165) is 72.8 Å². The summed E-state index contributed by atoms with van der Waals surface area (Å²) in [7, 11) is 0. The SMILES string of the molecule is O=C(O)NC1(c2ccc(-c3cnc(NC(=O)C[C@H]4CC[C@H](N5CCOC5=O)CC4)cc3-c3ccsc3)cc2)CCC1. The number of nitrogens with one attached hydrogen (secondary N) is 2. The molecule has 3 N–H and O–H groups in total. The second kappa shape index (κ2) is 11.5. The summed E-state index contributed by atoms with van der Waals surface area (Å²) in [5, 5.41) is 19.2. The Morgan fingerprint density at radius 2 is 1.85 bits per heavy atom. The molecule has 2 saturated carbocycles. The molecule has 3 amide bonds. The molecular formula is C31H34N4O5S.